The van der Waals surface area contributed by atoms with Crippen LogP contribution in [0, 0.1) is 3.57 Å². The average Bonchev–Trinajstić information content (AvgIpc) is 2.48. The van der Waals surface area contributed by atoms with E-state index in [4.69, 9.17) is 0 Å². The average molecular weight is 399 g/mol. The molecule has 0 saturated carbocycles. The van der Waals surface area contributed by atoms with Gasteiger partial charge in [0, 0.05) is 37.0 Å². The third-order valence-corrected chi connectivity index (χ3v) is 4.52. The van der Waals surface area contributed by atoms with Crippen LogP contribution in [0.4, 0.5) is 5.69 Å². The Morgan fingerprint density at radius 1 is 1.19 bits per heavy atom. The molecule has 0 atom stereocenters. The Kier molecular flexibility index (Phi) is 4.87. The van der Waals surface area contributed by atoms with E-state index in [1.54, 1.807) is 13.2 Å². The zero-order chi connectivity index (χ0) is 15.6. The van der Waals surface area contributed by atoms with Crippen LogP contribution >= 0.6 is 22.6 Å². The van der Waals surface area contributed by atoms with Crippen molar-refractivity contribution in [1.82, 2.24) is 9.13 Å². The van der Waals surface area contributed by atoms with Gasteiger partial charge in [-0.2, -0.15) is 0 Å². The van der Waals surface area contributed by atoms with Crippen LogP contribution in [0.25, 0.3) is 0 Å². The van der Waals surface area contributed by atoms with E-state index in [0.717, 1.165) is 13.7 Å². The molecule has 0 amide bonds. The number of anilines is 1. The van der Waals surface area contributed by atoms with Crippen LogP contribution < -0.4 is 16.1 Å². The SMILES string of the molecule is CCN(Cc1ccccc1I)c1cn(C)c(=O)n(C)c1=O. The molecule has 0 aliphatic rings. The van der Waals surface area contributed by atoms with E-state index in [2.05, 4.69) is 28.7 Å². The fourth-order valence-corrected chi connectivity index (χ4v) is 2.76. The number of nitrogens with zero attached hydrogens (tertiary/aromatic N) is 3. The number of hydrogen-bond acceptors (Lipinski definition) is 3. The topological polar surface area (TPSA) is 47.2 Å². The van der Waals surface area contributed by atoms with Crippen molar-refractivity contribution in [2.45, 2.75) is 13.5 Å². The minimum atomic E-state index is -0.311. The van der Waals surface area contributed by atoms with Gasteiger partial charge in [-0.05, 0) is 41.1 Å². The van der Waals surface area contributed by atoms with Crippen LogP contribution in [-0.4, -0.2) is 15.7 Å². The summed E-state index contributed by atoms with van der Waals surface area (Å²) in [5.41, 5.74) is 1.14. The number of rotatable bonds is 4. The standard InChI is InChI=1S/C15H18IN3O2/c1-4-19(9-11-7-5-6-8-12(11)16)13-10-17(2)15(21)18(3)14(13)20/h5-8,10H,4,9H2,1-3H3. The largest absolute Gasteiger partial charge is 0.362 e. The molecule has 0 unspecified atom stereocenters. The molecule has 1 heterocycles. The highest BCUT2D eigenvalue weighted by atomic mass is 127. The molecule has 0 spiro atoms. The van der Waals surface area contributed by atoms with Gasteiger partial charge in [-0.1, -0.05) is 18.2 Å². The molecule has 2 aromatic rings. The third kappa shape index (κ3) is 3.20. The molecule has 0 N–H and O–H groups in total. The van der Waals surface area contributed by atoms with Crippen molar-refractivity contribution < 1.29 is 0 Å². The van der Waals surface area contributed by atoms with Crippen molar-refractivity contribution in [3.05, 3.63) is 60.4 Å². The third-order valence-electron chi connectivity index (χ3n) is 3.47. The second-order valence-corrected chi connectivity index (χ2v) is 6.04. The molecule has 5 nitrogen and oxygen atoms in total. The van der Waals surface area contributed by atoms with Gasteiger partial charge < -0.3 is 9.47 Å². The van der Waals surface area contributed by atoms with Crippen LogP contribution in [0.1, 0.15) is 12.5 Å². The van der Waals surface area contributed by atoms with Crippen molar-refractivity contribution >= 4 is 28.3 Å². The fraction of sp³-hybridized carbons (Fsp3) is 0.333. The maximum absolute atomic E-state index is 12.3. The van der Waals surface area contributed by atoms with Gasteiger partial charge >= 0.3 is 5.69 Å². The Morgan fingerprint density at radius 3 is 2.48 bits per heavy atom. The van der Waals surface area contributed by atoms with Gasteiger partial charge in [-0.15, -0.1) is 0 Å². The minimum Gasteiger partial charge on any atom is -0.362 e. The maximum atomic E-state index is 12.3. The second-order valence-electron chi connectivity index (χ2n) is 4.88. The molecule has 2 rings (SSSR count). The summed E-state index contributed by atoms with van der Waals surface area (Å²) in [7, 11) is 3.17. The lowest BCUT2D eigenvalue weighted by molar-refractivity contribution is 0.671. The van der Waals surface area contributed by atoms with Gasteiger partial charge in [0.2, 0.25) is 0 Å². The molecule has 1 aromatic heterocycles. The summed E-state index contributed by atoms with van der Waals surface area (Å²) in [5.74, 6) is 0. The first kappa shape index (κ1) is 15.8. The van der Waals surface area contributed by atoms with Gasteiger partial charge in [0.25, 0.3) is 5.56 Å². The van der Waals surface area contributed by atoms with Gasteiger partial charge in [0.1, 0.15) is 5.69 Å². The van der Waals surface area contributed by atoms with E-state index < -0.39 is 0 Å². The molecule has 0 radical (unpaired) electrons. The molecule has 0 saturated heterocycles. The van der Waals surface area contributed by atoms with Crippen LogP contribution in [0.15, 0.2) is 40.1 Å². The fourth-order valence-electron chi connectivity index (χ4n) is 2.21. The highest BCUT2D eigenvalue weighted by Gasteiger charge is 2.14. The minimum absolute atomic E-state index is 0.258. The lowest BCUT2D eigenvalue weighted by Crippen LogP contribution is -2.40. The van der Waals surface area contributed by atoms with Crippen molar-refractivity contribution in [1.29, 1.82) is 0 Å². The molecule has 112 valence electrons. The van der Waals surface area contributed by atoms with Gasteiger partial charge in [-0.25, -0.2) is 4.79 Å². The van der Waals surface area contributed by atoms with Crippen molar-refractivity contribution in [2.75, 3.05) is 11.4 Å². The van der Waals surface area contributed by atoms with Gasteiger partial charge in [-0.3, -0.25) is 9.36 Å². The summed E-state index contributed by atoms with van der Waals surface area (Å²) in [6.07, 6.45) is 1.62. The molecule has 0 fully saturated rings. The zero-order valence-electron chi connectivity index (χ0n) is 12.3. The van der Waals surface area contributed by atoms with E-state index in [1.165, 1.54) is 11.6 Å². The summed E-state index contributed by atoms with van der Waals surface area (Å²) < 4.78 is 3.75. The Hall–Kier alpha value is -1.57. The number of aromatic nitrogens is 2. The molecular formula is C15H18IN3O2. The summed E-state index contributed by atoms with van der Waals surface area (Å²) in [6, 6.07) is 8.08. The van der Waals surface area contributed by atoms with Gasteiger partial charge in [0.05, 0.1) is 0 Å². The van der Waals surface area contributed by atoms with Gasteiger partial charge in [0.15, 0.2) is 0 Å². The molecule has 21 heavy (non-hydrogen) atoms. The lowest BCUT2D eigenvalue weighted by Gasteiger charge is -2.23. The Balaban J connectivity index is 2.46. The van der Waals surface area contributed by atoms with Crippen LogP contribution in [0.3, 0.4) is 0 Å². The highest BCUT2D eigenvalue weighted by Crippen LogP contribution is 2.16. The van der Waals surface area contributed by atoms with Crippen LogP contribution in [0.2, 0.25) is 0 Å². The van der Waals surface area contributed by atoms with Crippen molar-refractivity contribution in [3.63, 3.8) is 0 Å². The summed E-state index contributed by atoms with van der Waals surface area (Å²) >= 11 is 2.29. The maximum Gasteiger partial charge on any atom is 0.330 e. The first-order valence-corrected chi connectivity index (χ1v) is 7.78. The van der Waals surface area contributed by atoms with E-state index in [-0.39, 0.29) is 11.2 Å². The predicted molar refractivity (Wildman–Crippen MR) is 92.8 cm³/mol. The first-order chi connectivity index (χ1) is 9.95. The Bertz CT molecular complexity index is 764. The second kappa shape index (κ2) is 6.46. The number of hydrogen-bond donors (Lipinski definition) is 0. The predicted octanol–water partition coefficient (Wildman–Crippen LogP) is 1.72. The highest BCUT2D eigenvalue weighted by molar-refractivity contribution is 14.1. The first-order valence-electron chi connectivity index (χ1n) is 6.70. The monoisotopic (exact) mass is 399 g/mol. The lowest BCUT2D eigenvalue weighted by atomic mass is 10.2. The van der Waals surface area contributed by atoms with Crippen LogP contribution in [-0.2, 0) is 20.6 Å². The van der Waals surface area contributed by atoms with Crippen LogP contribution in [0.5, 0.6) is 0 Å². The Morgan fingerprint density at radius 2 is 1.86 bits per heavy atom. The van der Waals surface area contributed by atoms with Crippen molar-refractivity contribution in [2.24, 2.45) is 14.1 Å². The molecular weight excluding hydrogens is 381 g/mol. The van der Waals surface area contributed by atoms with E-state index in [0.29, 0.717) is 18.8 Å². The zero-order valence-corrected chi connectivity index (χ0v) is 14.5. The molecule has 0 aliphatic carbocycles. The number of halogens is 1. The summed E-state index contributed by atoms with van der Waals surface area (Å²) in [6.45, 7) is 3.34. The normalized spacial score (nSPS) is 10.7. The Labute approximate surface area is 137 Å². The summed E-state index contributed by atoms with van der Waals surface area (Å²) in [5, 5.41) is 0. The number of aryl methyl sites for hydroxylation is 1. The molecule has 6 heteroatoms. The van der Waals surface area contributed by atoms with E-state index >= 15 is 0 Å². The summed E-state index contributed by atoms with van der Waals surface area (Å²) in [4.78, 5) is 26.1. The van der Waals surface area contributed by atoms with Crippen molar-refractivity contribution in [3.8, 4) is 0 Å². The van der Waals surface area contributed by atoms with E-state index in [1.807, 2.05) is 30.0 Å². The van der Waals surface area contributed by atoms with E-state index in [9.17, 15) is 9.59 Å². The quantitative estimate of drug-likeness (QED) is 0.736. The molecule has 1 aromatic carbocycles. The molecule has 0 aliphatic heterocycles. The number of benzene rings is 1. The smallest absolute Gasteiger partial charge is 0.330 e. The molecule has 0 bridgehead atoms.